The number of aromatic nitrogens is 1. The molecule has 1 aliphatic heterocycles. The molecule has 0 fully saturated rings. The fourth-order valence-corrected chi connectivity index (χ4v) is 5.36. The van der Waals surface area contributed by atoms with Crippen molar-refractivity contribution in [3.63, 3.8) is 0 Å². The summed E-state index contributed by atoms with van der Waals surface area (Å²) in [6, 6.07) is 43.1. The first kappa shape index (κ1) is 20.7. The number of hydrogen-bond donors (Lipinski definition) is 1. The predicted molar refractivity (Wildman–Crippen MR) is 151 cm³/mol. The number of nitrogens with one attached hydrogen (secondary N) is 1. The Morgan fingerprint density at radius 1 is 0.583 bits per heavy atom. The first-order valence-electron chi connectivity index (χ1n) is 12.4. The number of nitrogens with zero attached hydrogens (tertiary/aromatic N) is 1. The van der Waals surface area contributed by atoms with E-state index >= 15 is 0 Å². The molecule has 0 bridgehead atoms. The van der Waals surface area contributed by atoms with Crippen LogP contribution in [0.4, 0.5) is 5.69 Å². The molecule has 1 N–H and O–H groups in total. The van der Waals surface area contributed by atoms with Gasteiger partial charge >= 0.3 is 0 Å². The Morgan fingerprint density at radius 2 is 1.31 bits per heavy atom. The molecule has 0 saturated carbocycles. The molecule has 5 aromatic carbocycles. The van der Waals surface area contributed by atoms with Crippen molar-refractivity contribution in [2.75, 3.05) is 5.32 Å². The maximum absolute atomic E-state index is 4.90. The van der Waals surface area contributed by atoms with Gasteiger partial charge in [0.2, 0.25) is 0 Å². The van der Waals surface area contributed by atoms with E-state index in [0.717, 1.165) is 16.6 Å². The first-order chi connectivity index (χ1) is 17.8. The third kappa shape index (κ3) is 3.47. The lowest BCUT2D eigenvalue weighted by atomic mass is 9.87. The van der Waals surface area contributed by atoms with Crippen LogP contribution in [0.3, 0.4) is 0 Å². The number of benzene rings is 5. The predicted octanol–water partition coefficient (Wildman–Crippen LogP) is 8.65. The molecule has 0 amide bonds. The Bertz CT molecular complexity index is 1750. The van der Waals surface area contributed by atoms with Crippen LogP contribution in [0.25, 0.3) is 38.4 Å². The zero-order chi connectivity index (χ0) is 23.9. The van der Waals surface area contributed by atoms with Crippen molar-refractivity contribution in [3.05, 3.63) is 150 Å². The Morgan fingerprint density at radius 3 is 2.11 bits per heavy atom. The van der Waals surface area contributed by atoms with E-state index in [0.29, 0.717) is 0 Å². The highest BCUT2D eigenvalue weighted by Gasteiger charge is 2.24. The van der Waals surface area contributed by atoms with Gasteiger partial charge in [-0.25, -0.2) is 0 Å². The second-order valence-electron chi connectivity index (χ2n) is 9.28. The highest BCUT2D eigenvalue weighted by atomic mass is 14.9. The number of anilines is 1. The zero-order valence-corrected chi connectivity index (χ0v) is 19.7. The summed E-state index contributed by atoms with van der Waals surface area (Å²) in [4.78, 5) is 4.90. The molecular weight excluding hydrogens is 436 g/mol. The third-order valence-electron chi connectivity index (χ3n) is 7.14. The maximum atomic E-state index is 4.90. The number of hydrogen-bond acceptors (Lipinski definition) is 2. The van der Waals surface area contributed by atoms with E-state index in [1.807, 2.05) is 6.20 Å². The van der Waals surface area contributed by atoms with Gasteiger partial charge in [0.25, 0.3) is 0 Å². The van der Waals surface area contributed by atoms with Crippen LogP contribution in [0.5, 0.6) is 0 Å². The summed E-state index contributed by atoms with van der Waals surface area (Å²) < 4.78 is 0. The molecule has 1 atom stereocenters. The van der Waals surface area contributed by atoms with Gasteiger partial charge < -0.3 is 5.32 Å². The van der Waals surface area contributed by atoms with Crippen molar-refractivity contribution in [2.45, 2.75) is 6.04 Å². The molecule has 1 unspecified atom stereocenters. The Balaban J connectivity index is 1.45. The van der Waals surface area contributed by atoms with E-state index < -0.39 is 0 Å². The summed E-state index contributed by atoms with van der Waals surface area (Å²) in [5.74, 6) is 0. The van der Waals surface area contributed by atoms with Crippen molar-refractivity contribution in [3.8, 4) is 11.1 Å². The van der Waals surface area contributed by atoms with E-state index in [-0.39, 0.29) is 6.04 Å². The van der Waals surface area contributed by atoms with E-state index in [9.17, 15) is 0 Å². The lowest BCUT2D eigenvalue weighted by Crippen LogP contribution is -2.16. The lowest BCUT2D eigenvalue weighted by Gasteiger charge is -2.28. The van der Waals surface area contributed by atoms with Crippen LogP contribution in [-0.4, -0.2) is 4.98 Å². The largest absolute Gasteiger partial charge is 0.372 e. The van der Waals surface area contributed by atoms with Crippen LogP contribution in [0.15, 0.2) is 134 Å². The normalized spacial score (nSPS) is 14.8. The van der Waals surface area contributed by atoms with Crippen molar-refractivity contribution >= 4 is 32.9 Å². The monoisotopic (exact) mass is 460 g/mol. The van der Waals surface area contributed by atoms with Crippen molar-refractivity contribution in [2.24, 2.45) is 0 Å². The number of pyridine rings is 1. The summed E-state index contributed by atoms with van der Waals surface area (Å²) in [5.41, 5.74) is 9.35. The molecule has 170 valence electrons. The van der Waals surface area contributed by atoms with Gasteiger partial charge in [0.15, 0.2) is 0 Å². The Hall–Kier alpha value is -4.69. The van der Waals surface area contributed by atoms with Gasteiger partial charge in [-0.1, -0.05) is 109 Å². The highest BCUT2D eigenvalue weighted by Crippen LogP contribution is 2.43. The molecule has 0 radical (unpaired) electrons. The second kappa shape index (κ2) is 8.51. The molecule has 1 aromatic heterocycles. The first-order valence-corrected chi connectivity index (χ1v) is 12.4. The summed E-state index contributed by atoms with van der Waals surface area (Å²) >= 11 is 0. The molecule has 1 aliphatic rings. The quantitative estimate of drug-likeness (QED) is 0.286. The highest BCUT2D eigenvalue weighted by molar-refractivity contribution is 6.06. The molecule has 2 heteroatoms. The molecule has 6 aromatic rings. The van der Waals surface area contributed by atoms with Crippen LogP contribution in [0.2, 0.25) is 0 Å². The topological polar surface area (TPSA) is 24.9 Å². The minimum atomic E-state index is 0.0325. The third-order valence-corrected chi connectivity index (χ3v) is 7.14. The second-order valence-corrected chi connectivity index (χ2v) is 9.28. The SMILES string of the molecule is C1=C(c2ccccc2)c2ccc3c(-c4ccccc4)ccnc3c2NC1c1ccc2ccccc2c1. The Kier molecular flexibility index (Phi) is 4.89. The van der Waals surface area contributed by atoms with Crippen LogP contribution >= 0.6 is 0 Å². The Labute approximate surface area is 210 Å². The zero-order valence-electron chi connectivity index (χ0n) is 19.7. The van der Waals surface area contributed by atoms with Gasteiger partial charge in [0.1, 0.15) is 0 Å². The number of fused-ring (bicyclic) bond motifs is 4. The number of rotatable bonds is 3. The molecule has 0 aliphatic carbocycles. The minimum Gasteiger partial charge on any atom is -0.372 e. The van der Waals surface area contributed by atoms with E-state index in [2.05, 4.69) is 133 Å². The summed E-state index contributed by atoms with van der Waals surface area (Å²) in [5, 5.41) is 7.52. The van der Waals surface area contributed by atoms with Gasteiger partial charge in [0, 0.05) is 17.1 Å². The van der Waals surface area contributed by atoms with Crippen LogP contribution < -0.4 is 5.32 Å². The fourth-order valence-electron chi connectivity index (χ4n) is 5.36. The van der Waals surface area contributed by atoms with Gasteiger partial charge in [-0.05, 0) is 56.8 Å². The van der Waals surface area contributed by atoms with Crippen LogP contribution in [-0.2, 0) is 0 Å². The van der Waals surface area contributed by atoms with Crippen molar-refractivity contribution < 1.29 is 0 Å². The smallest absolute Gasteiger partial charge is 0.0946 e. The van der Waals surface area contributed by atoms with Gasteiger partial charge in [-0.15, -0.1) is 0 Å². The summed E-state index contributed by atoms with van der Waals surface area (Å²) in [7, 11) is 0. The van der Waals surface area contributed by atoms with Gasteiger partial charge in [-0.3, -0.25) is 4.98 Å². The minimum absolute atomic E-state index is 0.0325. The average Bonchev–Trinajstić information content (AvgIpc) is 2.96. The van der Waals surface area contributed by atoms with Crippen LogP contribution in [0.1, 0.15) is 22.7 Å². The molecule has 2 nitrogen and oxygen atoms in total. The molecule has 0 spiro atoms. The average molecular weight is 461 g/mol. The van der Waals surface area contributed by atoms with E-state index in [4.69, 9.17) is 4.98 Å². The molecule has 2 heterocycles. The van der Waals surface area contributed by atoms with Crippen molar-refractivity contribution in [1.29, 1.82) is 0 Å². The molecule has 7 rings (SSSR count). The fraction of sp³-hybridized carbons (Fsp3) is 0.0294. The van der Waals surface area contributed by atoms with Crippen LogP contribution in [0, 0.1) is 0 Å². The lowest BCUT2D eigenvalue weighted by molar-refractivity contribution is 0.977. The van der Waals surface area contributed by atoms with Gasteiger partial charge in [0.05, 0.1) is 17.2 Å². The van der Waals surface area contributed by atoms with E-state index in [1.54, 1.807) is 0 Å². The molecular formula is C34H24N2. The summed E-state index contributed by atoms with van der Waals surface area (Å²) in [6.45, 7) is 0. The standard InChI is InChI=1S/C34H24N2/c1-3-10-24(11-4-1)28-19-20-35-33-29(28)17-18-30-31(25-12-5-2-6-13-25)22-32(36-34(30)33)27-16-15-23-9-7-8-14-26(23)21-27/h1-22,32,36H. The molecule has 36 heavy (non-hydrogen) atoms. The maximum Gasteiger partial charge on any atom is 0.0946 e. The summed E-state index contributed by atoms with van der Waals surface area (Å²) in [6.07, 6.45) is 4.28. The van der Waals surface area contributed by atoms with Crippen molar-refractivity contribution in [1.82, 2.24) is 4.98 Å². The molecule has 0 saturated heterocycles. The van der Waals surface area contributed by atoms with Gasteiger partial charge in [-0.2, -0.15) is 0 Å². The van der Waals surface area contributed by atoms with E-state index in [1.165, 1.54) is 44.2 Å².